The zero-order valence-corrected chi connectivity index (χ0v) is 11.4. The minimum atomic E-state index is 0.837. The molecular formula is C15H31N. The molecule has 0 aromatic rings. The van der Waals surface area contributed by atoms with Gasteiger partial charge in [0.25, 0.3) is 0 Å². The molecule has 0 radical (unpaired) electrons. The molecule has 96 valence electrons. The van der Waals surface area contributed by atoms with Crippen molar-refractivity contribution in [3.05, 3.63) is 0 Å². The van der Waals surface area contributed by atoms with Crippen molar-refractivity contribution in [1.82, 2.24) is 0 Å². The molecule has 3 unspecified atom stereocenters. The normalized spacial score (nSPS) is 27.9. The third-order valence-electron chi connectivity index (χ3n) is 4.55. The Morgan fingerprint density at radius 3 is 2.38 bits per heavy atom. The number of hydrogen-bond acceptors (Lipinski definition) is 1. The maximum Gasteiger partial charge on any atom is -0.00462 e. The molecule has 0 heterocycles. The lowest BCUT2D eigenvalue weighted by molar-refractivity contribution is 0.193. The van der Waals surface area contributed by atoms with Crippen LogP contribution in [0.1, 0.15) is 71.6 Å². The molecule has 0 bridgehead atoms. The van der Waals surface area contributed by atoms with E-state index in [9.17, 15) is 0 Å². The van der Waals surface area contributed by atoms with E-state index >= 15 is 0 Å². The van der Waals surface area contributed by atoms with Crippen LogP contribution in [-0.2, 0) is 0 Å². The topological polar surface area (TPSA) is 26.0 Å². The first-order valence-corrected chi connectivity index (χ1v) is 7.51. The Balaban J connectivity index is 2.35. The highest BCUT2D eigenvalue weighted by atomic mass is 14.6. The Bertz CT molecular complexity index is 167. The average molecular weight is 225 g/mol. The van der Waals surface area contributed by atoms with E-state index in [-0.39, 0.29) is 0 Å². The van der Waals surface area contributed by atoms with Crippen LogP contribution < -0.4 is 5.73 Å². The predicted molar refractivity (Wildman–Crippen MR) is 72.4 cm³/mol. The predicted octanol–water partition coefficient (Wildman–Crippen LogP) is 4.36. The molecule has 1 saturated carbocycles. The molecule has 1 aliphatic rings. The summed E-state index contributed by atoms with van der Waals surface area (Å²) in [6.45, 7) is 5.59. The summed E-state index contributed by atoms with van der Waals surface area (Å²) in [7, 11) is 0. The van der Waals surface area contributed by atoms with E-state index in [1.807, 2.05) is 0 Å². The van der Waals surface area contributed by atoms with Gasteiger partial charge in [-0.1, -0.05) is 58.8 Å². The van der Waals surface area contributed by atoms with Crippen LogP contribution in [0.4, 0.5) is 0 Å². The van der Waals surface area contributed by atoms with Gasteiger partial charge in [-0.2, -0.15) is 0 Å². The van der Waals surface area contributed by atoms with Crippen LogP contribution in [0.25, 0.3) is 0 Å². The Kier molecular flexibility index (Phi) is 7.11. The van der Waals surface area contributed by atoms with E-state index in [2.05, 4.69) is 13.8 Å². The third kappa shape index (κ3) is 4.45. The first-order valence-electron chi connectivity index (χ1n) is 7.51. The maximum absolute atomic E-state index is 5.91. The number of unbranched alkanes of at least 4 members (excludes halogenated alkanes) is 1. The molecule has 1 rings (SSSR count). The van der Waals surface area contributed by atoms with Gasteiger partial charge < -0.3 is 5.73 Å². The highest BCUT2D eigenvalue weighted by Crippen LogP contribution is 2.35. The van der Waals surface area contributed by atoms with Crippen molar-refractivity contribution in [2.24, 2.45) is 23.5 Å². The quantitative estimate of drug-likeness (QED) is 0.684. The second-order valence-corrected chi connectivity index (χ2v) is 5.69. The summed E-state index contributed by atoms with van der Waals surface area (Å²) < 4.78 is 0. The van der Waals surface area contributed by atoms with Gasteiger partial charge in [-0.15, -0.1) is 0 Å². The van der Waals surface area contributed by atoms with Crippen molar-refractivity contribution in [3.8, 4) is 0 Å². The summed E-state index contributed by atoms with van der Waals surface area (Å²) in [5.74, 6) is 2.75. The Morgan fingerprint density at radius 1 is 1.12 bits per heavy atom. The molecule has 1 nitrogen and oxygen atoms in total. The summed E-state index contributed by atoms with van der Waals surface area (Å²) in [6, 6.07) is 0. The molecule has 0 amide bonds. The van der Waals surface area contributed by atoms with Crippen LogP contribution in [0.2, 0.25) is 0 Å². The molecule has 0 saturated heterocycles. The van der Waals surface area contributed by atoms with Gasteiger partial charge in [0, 0.05) is 0 Å². The lowest BCUT2D eigenvalue weighted by atomic mass is 9.74. The molecule has 1 fully saturated rings. The monoisotopic (exact) mass is 225 g/mol. The van der Waals surface area contributed by atoms with Crippen LogP contribution in [0, 0.1) is 17.8 Å². The van der Waals surface area contributed by atoms with Gasteiger partial charge in [0.05, 0.1) is 0 Å². The first-order chi connectivity index (χ1) is 7.81. The fourth-order valence-electron chi connectivity index (χ4n) is 3.31. The largest absolute Gasteiger partial charge is 0.330 e. The Hall–Kier alpha value is -0.0400. The van der Waals surface area contributed by atoms with E-state index in [0.717, 1.165) is 24.3 Å². The van der Waals surface area contributed by atoms with Crippen molar-refractivity contribution in [2.75, 3.05) is 6.54 Å². The van der Waals surface area contributed by atoms with Crippen LogP contribution in [0.3, 0.4) is 0 Å². The summed E-state index contributed by atoms with van der Waals surface area (Å²) in [4.78, 5) is 0. The highest BCUT2D eigenvalue weighted by Gasteiger charge is 2.25. The first kappa shape index (κ1) is 14.0. The maximum atomic E-state index is 5.91. The van der Waals surface area contributed by atoms with Crippen LogP contribution in [0.15, 0.2) is 0 Å². The van der Waals surface area contributed by atoms with Crippen molar-refractivity contribution >= 4 is 0 Å². The average Bonchev–Trinajstić information content (AvgIpc) is 2.34. The molecule has 0 aromatic heterocycles. The second-order valence-electron chi connectivity index (χ2n) is 5.69. The van der Waals surface area contributed by atoms with Gasteiger partial charge in [-0.25, -0.2) is 0 Å². The molecule has 3 atom stereocenters. The molecule has 0 spiro atoms. The van der Waals surface area contributed by atoms with E-state index < -0.39 is 0 Å². The van der Waals surface area contributed by atoms with Crippen LogP contribution >= 0.6 is 0 Å². The summed E-state index contributed by atoms with van der Waals surface area (Å²) in [5.41, 5.74) is 5.91. The highest BCUT2D eigenvalue weighted by molar-refractivity contribution is 4.78. The van der Waals surface area contributed by atoms with Crippen molar-refractivity contribution in [2.45, 2.75) is 71.6 Å². The molecule has 1 aliphatic carbocycles. The number of rotatable bonds is 7. The fraction of sp³-hybridized carbons (Fsp3) is 1.00. The molecule has 2 N–H and O–H groups in total. The summed E-state index contributed by atoms with van der Waals surface area (Å²) >= 11 is 0. The van der Waals surface area contributed by atoms with Crippen molar-refractivity contribution in [3.63, 3.8) is 0 Å². The number of hydrogen-bond donors (Lipinski definition) is 1. The minimum Gasteiger partial charge on any atom is -0.330 e. The Morgan fingerprint density at radius 2 is 1.81 bits per heavy atom. The SMILES string of the molecule is CCCCC(CC)CC1CCCCC1CN. The molecule has 16 heavy (non-hydrogen) atoms. The standard InChI is InChI=1S/C15H31N/c1-3-5-8-13(4-2)11-14-9-6-7-10-15(14)12-16/h13-15H,3-12,16H2,1-2H3. The van der Waals surface area contributed by atoms with Gasteiger partial charge in [0.1, 0.15) is 0 Å². The van der Waals surface area contributed by atoms with Crippen LogP contribution in [-0.4, -0.2) is 6.54 Å². The minimum absolute atomic E-state index is 0.837. The second kappa shape index (κ2) is 8.11. The van der Waals surface area contributed by atoms with Gasteiger partial charge in [0.15, 0.2) is 0 Å². The van der Waals surface area contributed by atoms with E-state index in [0.29, 0.717) is 0 Å². The smallest absolute Gasteiger partial charge is 0.00462 e. The summed E-state index contributed by atoms with van der Waals surface area (Å²) in [5, 5.41) is 0. The van der Waals surface area contributed by atoms with E-state index in [4.69, 9.17) is 5.73 Å². The molecular weight excluding hydrogens is 194 g/mol. The fourth-order valence-corrected chi connectivity index (χ4v) is 3.31. The molecule has 0 aromatic carbocycles. The number of nitrogens with two attached hydrogens (primary N) is 1. The molecule has 1 heteroatoms. The third-order valence-corrected chi connectivity index (χ3v) is 4.55. The van der Waals surface area contributed by atoms with E-state index in [1.165, 1.54) is 57.8 Å². The van der Waals surface area contributed by atoms with Gasteiger partial charge >= 0.3 is 0 Å². The lowest BCUT2D eigenvalue weighted by Gasteiger charge is -2.33. The zero-order chi connectivity index (χ0) is 11.8. The van der Waals surface area contributed by atoms with Crippen LogP contribution in [0.5, 0.6) is 0 Å². The summed E-state index contributed by atoms with van der Waals surface area (Å²) in [6.07, 6.45) is 12.7. The van der Waals surface area contributed by atoms with Gasteiger partial charge in [0.2, 0.25) is 0 Å². The molecule has 0 aliphatic heterocycles. The van der Waals surface area contributed by atoms with Crippen molar-refractivity contribution in [1.29, 1.82) is 0 Å². The zero-order valence-electron chi connectivity index (χ0n) is 11.4. The Labute approximate surface area is 102 Å². The van der Waals surface area contributed by atoms with E-state index in [1.54, 1.807) is 0 Å². The lowest BCUT2D eigenvalue weighted by Crippen LogP contribution is -2.28. The van der Waals surface area contributed by atoms with Gasteiger partial charge in [-0.05, 0) is 37.1 Å². The van der Waals surface area contributed by atoms with Gasteiger partial charge in [-0.3, -0.25) is 0 Å². The van der Waals surface area contributed by atoms with Crippen molar-refractivity contribution < 1.29 is 0 Å².